The molecule has 2 heterocycles. The van der Waals surface area contributed by atoms with E-state index in [0.717, 1.165) is 43.6 Å². The molecular weight excluding hydrogens is 614 g/mol. The van der Waals surface area contributed by atoms with Gasteiger partial charge in [-0.1, -0.05) is 57.8 Å². The number of benzene rings is 1. The van der Waals surface area contributed by atoms with Gasteiger partial charge in [-0.05, 0) is 31.9 Å². The van der Waals surface area contributed by atoms with Crippen LogP contribution in [0.3, 0.4) is 0 Å². The lowest BCUT2D eigenvalue weighted by Crippen LogP contribution is -2.17. The summed E-state index contributed by atoms with van der Waals surface area (Å²) in [4.78, 5) is 22.4. The molecule has 0 spiro atoms. The second-order valence-corrected chi connectivity index (χ2v) is 14.0. The summed E-state index contributed by atoms with van der Waals surface area (Å²) >= 11 is 1.72. The highest BCUT2D eigenvalue weighted by Gasteiger charge is 2.22. The van der Waals surface area contributed by atoms with Gasteiger partial charge < -0.3 is 24.5 Å². The van der Waals surface area contributed by atoms with Crippen LogP contribution in [0.25, 0.3) is 11.2 Å². The summed E-state index contributed by atoms with van der Waals surface area (Å²) in [5.74, 6) is -0.532. The number of unbranched alkanes of at least 4 members (excludes halogenated alkanes) is 10. The molecule has 0 saturated carbocycles. The lowest BCUT2D eigenvalue weighted by molar-refractivity contribution is 0.0724. The molecule has 14 heteroatoms. The maximum absolute atomic E-state index is 13.7. The van der Waals surface area contributed by atoms with Crippen molar-refractivity contribution in [2.24, 2.45) is 0 Å². The van der Waals surface area contributed by atoms with Crippen LogP contribution in [-0.2, 0) is 26.8 Å². The third-order valence-corrected chi connectivity index (χ3v) is 9.34. The van der Waals surface area contributed by atoms with Crippen LogP contribution in [-0.4, -0.2) is 55.0 Å². The van der Waals surface area contributed by atoms with E-state index >= 15 is 0 Å². The monoisotopic (exact) mass is 659 g/mol. The lowest BCUT2D eigenvalue weighted by atomic mass is 10.0. The number of hydrogen-bond acceptors (Lipinski definition) is 8. The van der Waals surface area contributed by atoms with Crippen LogP contribution in [0.1, 0.15) is 83.1 Å². The first-order chi connectivity index (χ1) is 21.2. The van der Waals surface area contributed by atoms with Gasteiger partial charge in [-0.25, -0.2) is 28.1 Å². The highest BCUT2D eigenvalue weighted by Crippen LogP contribution is 2.42. The third kappa shape index (κ3) is 13.0. The maximum atomic E-state index is 13.7. The number of nitrogens with zero attached hydrogens (tertiary/aromatic N) is 4. The Kier molecular flexibility index (Phi) is 16.0. The van der Waals surface area contributed by atoms with Crippen molar-refractivity contribution in [1.29, 1.82) is 0 Å². The summed E-state index contributed by atoms with van der Waals surface area (Å²) < 4.78 is 65.1. The van der Waals surface area contributed by atoms with Gasteiger partial charge in [-0.2, -0.15) is 11.8 Å². The number of anilines is 1. The van der Waals surface area contributed by atoms with E-state index in [2.05, 4.69) is 15.0 Å². The van der Waals surface area contributed by atoms with Crippen molar-refractivity contribution in [1.82, 2.24) is 19.5 Å². The van der Waals surface area contributed by atoms with Gasteiger partial charge in [0.25, 0.3) is 0 Å². The molecule has 2 aromatic heterocycles. The van der Waals surface area contributed by atoms with Crippen molar-refractivity contribution in [3.63, 3.8) is 0 Å². The first kappa shape index (κ1) is 36.3. The highest BCUT2D eigenvalue weighted by atomic mass is 32.2. The molecule has 0 aliphatic heterocycles. The van der Waals surface area contributed by atoms with Gasteiger partial charge in [-0.3, -0.25) is 4.57 Å². The molecule has 3 aromatic rings. The number of fused-ring (bicyclic) bond motifs is 1. The van der Waals surface area contributed by atoms with Crippen LogP contribution >= 0.6 is 19.4 Å². The van der Waals surface area contributed by atoms with Gasteiger partial charge in [0, 0.05) is 23.4 Å². The summed E-state index contributed by atoms with van der Waals surface area (Å²) in [5.41, 5.74) is 6.87. The Morgan fingerprint density at radius 2 is 1.55 bits per heavy atom. The fraction of sp³-hybridized carbons (Fsp3) is 0.633. The maximum Gasteiger partial charge on any atom is 0.353 e. The molecule has 246 valence electrons. The first-order valence-electron chi connectivity index (χ1n) is 15.4. The average molecular weight is 660 g/mol. The molecule has 0 bridgehead atoms. The van der Waals surface area contributed by atoms with Crippen LogP contribution in [0, 0.1) is 17.5 Å². The fourth-order valence-corrected chi connectivity index (χ4v) is 6.70. The third-order valence-electron chi connectivity index (χ3n) is 7.25. The van der Waals surface area contributed by atoms with E-state index in [1.807, 2.05) is 0 Å². The van der Waals surface area contributed by atoms with Crippen molar-refractivity contribution in [3.05, 3.63) is 47.8 Å². The molecule has 1 unspecified atom stereocenters. The number of rotatable bonds is 23. The molecule has 0 radical (unpaired) electrons. The van der Waals surface area contributed by atoms with Gasteiger partial charge in [0.05, 0.1) is 25.6 Å². The van der Waals surface area contributed by atoms with E-state index in [0.29, 0.717) is 42.1 Å². The molecular formula is C30H45F3N5O4PS. The fourth-order valence-electron chi connectivity index (χ4n) is 4.87. The molecule has 0 aliphatic carbocycles. The van der Waals surface area contributed by atoms with E-state index in [4.69, 9.17) is 15.0 Å². The van der Waals surface area contributed by atoms with Crippen LogP contribution in [0.15, 0.2) is 24.8 Å². The molecule has 3 N–H and O–H groups in total. The van der Waals surface area contributed by atoms with E-state index in [9.17, 15) is 22.6 Å². The SMILES string of the molecule is C[C@H](Cn1cnc2c(N)ncnc21)OCP(=O)(O)OCCSCCCCCCCCCCCCCc1c(F)cc(F)cc1F. The first-order valence-corrected chi connectivity index (χ1v) is 18.3. The van der Waals surface area contributed by atoms with Crippen molar-refractivity contribution >= 4 is 36.3 Å². The van der Waals surface area contributed by atoms with E-state index in [1.54, 1.807) is 29.6 Å². The number of imidazole rings is 1. The second kappa shape index (κ2) is 19.4. The zero-order valence-electron chi connectivity index (χ0n) is 25.4. The predicted molar refractivity (Wildman–Crippen MR) is 169 cm³/mol. The smallest absolute Gasteiger partial charge is 0.353 e. The molecule has 0 amide bonds. The molecule has 44 heavy (non-hydrogen) atoms. The minimum absolute atomic E-state index is 0.0127. The number of ether oxygens (including phenoxy) is 1. The van der Waals surface area contributed by atoms with Gasteiger partial charge in [0.2, 0.25) is 0 Å². The summed E-state index contributed by atoms with van der Waals surface area (Å²) in [6.07, 6.45) is 14.5. The Bertz CT molecular complexity index is 1310. The topological polar surface area (TPSA) is 125 Å². The minimum Gasteiger partial charge on any atom is -0.382 e. The molecule has 0 aliphatic rings. The Hall–Kier alpha value is -2.18. The molecule has 9 nitrogen and oxygen atoms in total. The lowest BCUT2D eigenvalue weighted by Gasteiger charge is -2.17. The van der Waals surface area contributed by atoms with Gasteiger partial charge >= 0.3 is 7.60 Å². The predicted octanol–water partition coefficient (Wildman–Crippen LogP) is 7.66. The molecule has 2 atom stereocenters. The number of nitrogen functional groups attached to an aromatic ring is 1. The van der Waals surface area contributed by atoms with Crippen LogP contribution < -0.4 is 5.73 Å². The highest BCUT2D eigenvalue weighted by molar-refractivity contribution is 7.99. The summed E-state index contributed by atoms with van der Waals surface area (Å²) in [5, 5.41) is 0. The van der Waals surface area contributed by atoms with Crippen molar-refractivity contribution in [2.45, 2.75) is 96.6 Å². The Morgan fingerprint density at radius 1 is 0.932 bits per heavy atom. The zero-order chi connectivity index (χ0) is 31.8. The minimum atomic E-state index is -3.84. The number of aromatic nitrogens is 4. The van der Waals surface area contributed by atoms with Gasteiger partial charge in [0.15, 0.2) is 11.5 Å². The quantitative estimate of drug-likeness (QED) is 0.0780. The van der Waals surface area contributed by atoms with Gasteiger partial charge in [0.1, 0.15) is 35.6 Å². The normalized spacial score (nSPS) is 13.8. The largest absolute Gasteiger partial charge is 0.382 e. The number of hydrogen-bond donors (Lipinski definition) is 2. The summed E-state index contributed by atoms with van der Waals surface area (Å²) in [6, 6.07) is 1.48. The van der Waals surface area contributed by atoms with Crippen LogP contribution in [0.5, 0.6) is 0 Å². The average Bonchev–Trinajstić information content (AvgIpc) is 3.38. The molecule has 0 saturated heterocycles. The number of nitrogens with two attached hydrogens (primary N) is 1. The number of thioether (sulfide) groups is 1. The zero-order valence-corrected chi connectivity index (χ0v) is 27.1. The Balaban J connectivity index is 1.09. The van der Waals surface area contributed by atoms with E-state index in [-0.39, 0.29) is 24.6 Å². The van der Waals surface area contributed by atoms with Crippen LogP contribution in [0.2, 0.25) is 0 Å². The second-order valence-electron chi connectivity index (χ2n) is 11.0. The standard InChI is InChI=1S/C30H45F3N5O4PS/c1-23(19-38-21-37-28-29(34)35-20-36-30(28)38)41-22-43(39,40)42-14-16-44-15-12-10-8-6-4-2-3-5-7-9-11-13-25-26(32)17-24(31)18-27(25)33/h17-18,20-21,23H,2-16,19,22H2,1H3,(H,39,40)(H2,34,35,36)/t23-/m1/s1. The van der Waals surface area contributed by atoms with Crippen molar-refractivity contribution in [3.8, 4) is 0 Å². The molecule has 3 rings (SSSR count). The molecule has 1 aromatic carbocycles. The summed E-state index contributed by atoms with van der Waals surface area (Å²) in [7, 11) is -3.84. The summed E-state index contributed by atoms with van der Waals surface area (Å²) in [6.45, 7) is 2.38. The number of halogens is 3. The van der Waals surface area contributed by atoms with E-state index in [1.165, 1.54) is 44.9 Å². The van der Waals surface area contributed by atoms with Crippen LogP contribution in [0.4, 0.5) is 19.0 Å². The van der Waals surface area contributed by atoms with Crippen molar-refractivity contribution < 1.29 is 31.9 Å². The molecule has 0 fully saturated rings. The van der Waals surface area contributed by atoms with Gasteiger partial charge in [-0.15, -0.1) is 0 Å². The van der Waals surface area contributed by atoms with Crippen molar-refractivity contribution in [2.75, 3.05) is 30.2 Å². The Morgan fingerprint density at radius 3 is 2.20 bits per heavy atom. The van der Waals surface area contributed by atoms with E-state index < -0.39 is 25.0 Å². The Labute approximate surface area is 262 Å².